The van der Waals surface area contributed by atoms with Crippen molar-refractivity contribution in [2.45, 2.75) is 122 Å². The number of esters is 2. The number of benzene rings is 1. The van der Waals surface area contributed by atoms with Crippen molar-refractivity contribution in [1.29, 1.82) is 0 Å². The van der Waals surface area contributed by atoms with E-state index in [9.17, 15) is 9.59 Å². The highest BCUT2D eigenvalue weighted by Gasteiger charge is 2.28. The summed E-state index contributed by atoms with van der Waals surface area (Å²) in [5.74, 6) is -0.299. The van der Waals surface area contributed by atoms with Crippen LogP contribution in [0, 0.1) is 0 Å². The quantitative estimate of drug-likeness (QED) is 0.403. The molecule has 0 fully saturated rings. The lowest BCUT2D eigenvalue weighted by Gasteiger charge is -2.19. The topological polar surface area (TPSA) is 61.8 Å². The van der Waals surface area contributed by atoms with Gasteiger partial charge in [0.25, 0.3) is 0 Å². The van der Waals surface area contributed by atoms with Gasteiger partial charge in [0.15, 0.2) is 0 Å². The molecule has 2 aliphatic rings. The SMILES string of the molecule is COC(=O)c1c2cc(OC)c(c1C(=O)OC)CCCCCCCCCCCCCCCCCCC2. The minimum atomic E-state index is -0.494. The van der Waals surface area contributed by atoms with Crippen molar-refractivity contribution in [1.82, 2.24) is 0 Å². The minimum absolute atomic E-state index is 0.326. The van der Waals surface area contributed by atoms with Crippen molar-refractivity contribution in [3.63, 3.8) is 0 Å². The van der Waals surface area contributed by atoms with Gasteiger partial charge >= 0.3 is 11.9 Å². The van der Waals surface area contributed by atoms with Gasteiger partial charge in [-0.2, -0.15) is 0 Å². The fraction of sp³-hybridized carbons (Fsp3) is 0.733. The van der Waals surface area contributed by atoms with Gasteiger partial charge in [-0.15, -0.1) is 0 Å². The van der Waals surface area contributed by atoms with Crippen LogP contribution in [0.2, 0.25) is 0 Å². The molecule has 3 rings (SSSR count). The molecule has 0 aromatic heterocycles. The Morgan fingerprint density at radius 1 is 0.543 bits per heavy atom. The number of carbonyl (C=O) groups excluding carboxylic acids is 2. The molecule has 0 aliphatic heterocycles. The lowest BCUT2D eigenvalue weighted by Crippen LogP contribution is -2.18. The van der Waals surface area contributed by atoms with Crippen molar-refractivity contribution in [3.05, 3.63) is 28.3 Å². The largest absolute Gasteiger partial charge is 0.496 e. The van der Waals surface area contributed by atoms with Crippen molar-refractivity contribution < 1.29 is 23.8 Å². The zero-order valence-corrected chi connectivity index (χ0v) is 22.6. The molecular formula is C30H48O5. The second kappa shape index (κ2) is 17.4. The van der Waals surface area contributed by atoms with E-state index < -0.39 is 11.9 Å². The monoisotopic (exact) mass is 488 g/mol. The maximum Gasteiger partial charge on any atom is 0.339 e. The molecule has 0 spiro atoms. The molecule has 1 aromatic rings. The van der Waals surface area contributed by atoms with Crippen LogP contribution in [0.25, 0.3) is 0 Å². The van der Waals surface area contributed by atoms with Gasteiger partial charge in [0.2, 0.25) is 0 Å². The van der Waals surface area contributed by atoms with Gasteiger partial charge < -0.3 is 14.2 Å². The van der Waals surface area contributed by atoms with Crippen LogP contribution >= 0.6 is 0 Å². The van der Waals surface area contributed by atoms with Crippen LogP contribution in [0.3, 0.4) is 0 Å². The van der Waals surface area contributed by atoms with Crippen molar-refractivity contribution in [2.24, 2.45) is 0 Å². The van der Waals surface area contributed by atoms with Gasteiger partial charge in [0, 0.05) is 5.56 Å². The first-order chi connectivity index (χ1) is 17.1. The maximum absolute atomic E-state index is 12.9. The Hall–Kier alpha value is -2.04. The normalized spacial score (nSPS) is 17.9. The number of fused-ring (bicyclic) bond motifs is 20. The van der Waals surface area contributed by atoms with Crippen LogP contribution in [0.4, 0.5) is 0 Å². The third kappa shape index (κ3) is 9.85. The van der Waals surface area contributed by atoms with Crippen LogP contribution < -0.4 is 4.74 Å². The van der Waals surface area contributed by atoms with Crippen molar-refractivity contribution in [2.75, 3.05) is 21.3 Å². The fourth-order valence-corrected chi connectivity index (χ4v) is 5.31. The summed E-state index contributed by atoms with van der Waals surface area (Å²) in [6, 6.07) is 1.95. The fourth-order valence-electron chi connectivity index (χ4n) is 5.31. The highest BCUT2D eigenvalue weighted by atomic mass is 16.5. The number of carbonyl (C=O) groups is 2. The Morgan fingerprint density at radius 3 is 1.31 bits per heavy atom. The molecule has 2 aliphatic carbocycles. The number of hydrogen-bond acceptors (Lipinski definition) is 5. The molecule has 5 nitrogen and oxygen atoms in total. The van der Waals surface area contributed by atoms with Gasteiger partial charge in [-0.25, -0.2) is 9.59 Å². The second-order valence-corrected chi connectivity index (χ2v) is 9.96. The molecular weight excluding hydrogens is 440 g/mol. The van der Waals surface area contributed by atoms with Crippen LogP contribution in [0.15, 0.2) is 6.07 Å². The van der Waals surface area contributed by atoms with Crippen molar-refractivity contribution in [3.8, 4) is 5.75 Å². The van der Waals surface area contributed by atoms with Gasteiger partial charge in [-0.05, 0) is 37.3 Å². The van der Waals surface area contributed by atoms with Gasteiger partial charge in [0.1, 0.15) is 5.75 Å². The first-order valence-corrected chi connectivity index (χ1v) is 14.0. The highest BCUT2D eigenvalue weighted by Crippen LogP contribution is 2.33. The summed E-state index contributed by atoms with van der Waals surface area (Å²) in [6.07, 6.45) is 22.6. The summed E-state index contributed by atoms with van der Waals surface area (Å²) in [6.45, 7) is 0. The van der Waals surface area contributed by atoms with E-state index in [1.165, 1.54) is 97.7 Å². The van der Waals surface area contributed by atoms with E-state index >= 15 is 0 Å². The number of ether oxygens (including phenoxy) is 3. The third-order valence-electron chi connectivity index (χ3n) is 7.35. The Balaban J connectivity index is 2.26. The van der Waals surface area contributed by atoms with E-state index in [0.29, 0.717) is 29.7 Å². The summed E-state index contributed by atoms with van der Waals surface area (Å²) in [7, 11) is 4.37. The molecule has 1 aromatic carbocycles. The molecule has 5 heteroatoms. The predicted molar refractivity (Wildman–Crippen MR) is 142 cm³/mol. The molecule has 0 saturated carbocycles. The maximum atomic E-state index is 12.9. The molecule has 0 saturated heterocycles. The first-order valence-electron chi connectivity index (χ1n) is 14.0. The van der Waals surface area contributed by atoms with E-state index in [0.717, 1.165) is 36.8 Å². The zero-order valence-electron chi connectivity index (χ0n) is 22.6. The Morgan fingerprint density at radius 2 is 0.914 bits per heavy atom. The van der Waals surface area contributed by atoms with Gasteiger partial charge in [0.05, 0.1) is 32.5 Å². The van der Waals surface area contributed by atoms with Crippen LogP contribution in [-0.2, 0) is 22.3 Å². The molecule has 0 radical (unpaired) electrons. The Bertz CT molecular complexity index is 771. The smallest absolute Gasteiger partial charge is 0.339 e. The second-order valence-electron chi connectivity index (χ2n) is 9.96. The number of methoxy groups -OCH3 is 3. The number of rotatable bonds is 3. The average molecular weight is 489 g/mol. The van der Waals surface area contributed by atoms with Gasteiger partial charge in [-0.1, -0.05) is 96.3 Å². The van der Waals surface area contributed by atoms with E-state index in [1.807, 2.05) is 6.07 Å². The summed E-state index contributed by atoms with van der Waals surface area (Å²) in [4.78, 5) is 25.8. The zero-order chi connectivity index (χ0) is 25.3. The molecule has 0 amide bonds. The Labute approximate surface area is 213 Å². The van der Waals surface area contributed by atoms with E-state index in [2.05, 4.69) is 0 Å². The summed E-state index contributed by atoms with van der Waals surface area (Å²) in [5.41, 5.74) is 2.26. The molecule has 0 heterocycles. The lowest BCUT2D eigenvalue weighted by molar-refractivity contribution is 0.0552. The van der Waals surface area contributed by atoms with Crippen LogP contribution in [0.1, 0.15) is 141 Å². The summed E-state index contributed by atoms with van der Waals surface area (Å²) in [5, 5.41) is 0. The number of hydrogen-bond donors (Lipinski definition) is 0. The first kappa shape index (κ1) is 29.2. The molecule has 0 N–H and O–H groups in total. The van der Waals surface area contributed by atoms with E-state index in [-0.39, 0.29) is 0 Å². The molecule has 35 heavy (non-hydrogen) atoms. The van der Waals surface area contributed by atoms with Gasteiger partial charge in [-0.3, -0.25) is 0 Å². The summed E-state index contributed by atoms with van der Waals surface area (Å²) >= 11 is 0. The van der Waals surface area contributed by atoms with Crippen LogP contribution in [-0.4, -0.2) is 33.3 Å². The molecule has 198 valence electrons. The standard InChI is InChI=1S/C30H48O5/c1-33-26-23-24-21-19-17-15-13-11-9-7-5-4-6-8-10-12-14-16-18-20-22-25(26)28(30(32)35-3)27(24)29(31)34-2/h23H,4-22H2,1-3H3. The third-order valence-corrected chi connectivity index (χ3v) is 7.35. The minimum Gasteiger partial charge on any atom is -0.496 e. The predicted octanol–water partition coefficient (Wildman–Crippen LogP) is 8.00. The van der Waals surface area contributed by atoms with Crippen molar-refractivity contribution >= 4 is 11.9 Å². The highest BCUT2D eigenvalue weighted by molar-refractivity contribution is 6.06. The lowest BCUT2D eigenvalue weighted by atomic mass is 9.89. The number of aryl methyl sites for hydroxylation is 1. The summed E-state index contributed by atoms with van der Waals surface area (Å²) < 4.78 is 16.0. The molecule has 0 atom stereocenters. The molecule has 0 unspecified atom stereocenters. The molecule has 2 bridgehead atoms. The average Bonchev–Trinajstić information content (AvgIpc) is 2.88. The van der Waals surface area contributed by atoms with E-state index in [4.69, 9.17) is 14.2 Å². The van der Waals surface area contributed by atoms with Crippen LogP contribution in [0.5, 0.6) is 5.75 Å². The Kier molecular flexibility index (Phi) is 14.5. The van der Waals surface area contributed by atoms with E-state index in [1.54, 1.807) is 7.11 Å².